The molecule has 0 radical (unpaired) electrons. The first-order valence-corrected chi connectivity index (χ1v) is 6.20. The molecule has 0 aliphatic carbocycles. The summed E-state index contributed by atoms with van der Waals surface area (Å²) >= 11 is -0.0207. The van der Waals surface area contributed by atoms with Crippen molar-refractivity contribution in [1.29, 1.82) is 0 Å². The molecule has 0 aromatic carbocycles. The summed E-state index contributed by atoms with van der Waals surface area (Å²) in [6.45, 7) is 6.33. The van der Waals surface area contributed by atoms with Gasteiger partial charge in [-0.3, -0.25) is 0 Å². The summed E-state index contributed by atoms with van der Waals surface area (Å²) in [7, 11) is 0. The van der Waals surface area contributed by atoms with Crippen molar-refractivity contribution in [2.24, 2.45) is 5.41 Å². The van der Waals surface area contributed by atoms with Gasteiger partial charge in [-0.15, -0.1) is 0 Å². The van der Waals surface area contributed by atoms with E-state index in [2.05, 4.69) is 5.32 Å². The maximum Gasteiger partial charge on any atom is 0.441 e. The molecule has 98 valence electrons. The number of aliphatic hydroxyl groups is 1. The molecule has 2 nitrogen and oxygen atoms in total. The van der Waals surface area contributed by atoms with Gasteiger partial charge in [-0.05, 0) is 23.6 Å². The van der Waals surface area contributed by atoms with Crippen molar-refractivity contribution in [3.8, 4) is 0 Å². The molecule has 0 saturated heterocycles. The Labute approximate surface area is 99.0 Å². The Bertz CT molecular complexity index is 191. The van der Waals surface area contributed by atoms with Crippen LogP contribution in [0.2, 0.25) is 0 Å². The van der Waals surface area contributed by atoms with Crippen LogP contribution in [0.5, 0.6) is 0 Å². The highest BCUT2D eigenvalue weighted by molar-refractivity contribution is 8.00. The molecule has 1 unspecified atom stereocenters. The summed E-state index contributed by atoms with van der Waals surface area (Å²) in [5.74, 6) is 0.00150. The quantitative estimate of drug-likeness (QED) is 0.719. The molecule has 6 heteroatoms. The number of aliphatic hydroxyl groups excluding tert-OH is 1. The van der Waals surface area contributed by atoms with Gasteiger partial charge < -0.3 is 10.4 Å². The van der Waals surface area contributed by atoms with Crippen molar-refractivity contribution in [3.05, 3.63) is 0 Å². The zero-order valence-corrected chi connectivity index (χ0v) is 10.7. The Morgan fingerprint density at radius 3 is 2.19 bits per heavy atom. The monoisotopic (exact) mass is 259 g/mol. The Morgan fingerprint density at radius 1 is 1.25 bits per heavy atom. The predicted molar refractivity (Wildman–Crippen MR) is 61.5 cm³/mol. The lowest BCUT2D eigenvalue weighted by atomic mass is 9.85. The van der Waals surface area contributed by atoms with E-state index in [0.29, 0.717) is 13.0 Å². The molecule has 0 aliphatic rings. The molecular weight excluding hydrogens is 239 g/mol. The highest BCUT2D eigenvalue weighted by atomic mass is 32.2. The van der Waals surface area contributed by atoms with Crippen molar-refractivity contribution in [3.63, 3.8) is 0 Å². The molecule has 2 N–H and O–H groups in total. The Balaban J connectivity index is 3.86. The third-order valence-corrected chi connectivity index (χ3v) is 2.96. The minimum atomic E-state index is -4.16. The topological polar surface area (TPSA) is 32.3 Å². The van der Waals surface area contributed by atoms with Crippen LogP contribution in [0.1, 0.15) is 27.2 Å². The maximum atomic E-state index is 11.9. The Hall–Kier alpha value is 0.0600. The normalized spacial score (nSPS) is 15.2. The van der Waals surface area contributed by atoms with Crippen LogP contribution in [-0.4, -0.2) is 35.6 Å². The molecule has 0 rings (SSSR count). The molecule has 1 atom stereocenters. The number of nitrogens with one attached hydrogen (secondary N) is 1. The zero-order valence-electron chi connectivity index (χ0n) is 9.90. The van der Waals surface area contributed by atoms with E-state index in [1.807, 2.05) is 20.8 Å². The minimum absolute atomic E-state index is 0.00150. The predicted octanol–water partition coefficient (Wildman–Crippen LogP) is 2.63. The lowest BCUT2D eigenvalue weighted by molar-refractivity contribution is -0.0327. The van der Waals surface area contributed by atoms with E-state index in [4.69, 9.17) is 5.11 Å². The van der Waals surface area contributed by atoms with Crippen molar-refractivity contribution < 1.29 is 18.3 Å². The molecule has 0 spiro atoms. The Kier molecular flexibility index (Phi) is 6.74. The SMILES string of the molecule is CC(C)(C)C(CCO)NCCSC(F)(F)F. The van der Waals surface area contributed by atoms with Gasteiger partial charge in [0.15, 0.2) is 0 Å². The van der Waals surface area contributed by atoms with Gasteiger partial charge >= 0.3 is 5.51 Å². The van der Waals surface area contributed by atoms with E-state index in [1.54, 1.807) is 0 Å². The summed E-state index contributed by atoms with van der Waals surface area (Å²) in [4.78, 5) is 0. The third kappa shape index (κ3) is 8.24. The second kappa shape index (κ2) is 6.71. The molecule has 0 amide bonds. The summed E-state index contributed by atoms with van der Waals surface area (Å²) < 4.78 is 35.6. The van der Waals surface area contributed by atoms with Gasteiger partial charge in [0.1, 0.15) is 0 Å². The fourth-order valence-electron chi connectivity index (χ4n) is 1.37. The summed E-state index contributed by atoms with van der Waals surface area (Å²) in [5.41, 5.74) is -4.22. The molecule has 0 aromatic heterocycles. The Morgan fingerprint density at radius 2 is 1.81 bits per heavy atom. The third-order valence-electron chi connectivity index (χ3n) is 2.22. The van der Waals surface area contributed by atoms with Crippen LogP contribution >= 0.6 is 11.8 Å². The second-order valence-electron chi connectivity index (χ2n) is 4.68. The van der Waals surface area contributed by atoms with Gasteiger partial charge in [0, 0.05) is 24.9 Å². The van der Waals surface area contributed by atoms with Gasteiger partial charge in [-0.1, -0.05) is 20.8 Å². The first-order valence-electron chi connectivity index (χ1n) is 5.22. The van der Waals surface area contributed by atoms with Crippen molar-refractivity contribution >= 4 is 11.8 Å². The number of thioether (sulfide) groups is 1. The van der Waals surface area contributed by atoms with E-state index in [-0.39, 0.29) is 35.6 Å². The van der Waals surface area contributed by atoms with E-state index in [1.165, 1.54) is 0 Å². The molecule has 0 fully saturated rings. The average molecular weight is 259 g/mol. The van der Waals surface area contributed by atoms with Crippen LogP contribution in [0.15, 0.2) is 0 Å². The maximum absolute atomic E-state index is 11.9. The van der Waals surface area contributed by atoms with E-state index >= 15 is 0 Å². The van der Waals surface area contributed by atoms with Crippen LogP contribution in [0.3, 0.4) is 0 Å². The average Bonchev–Trinajstić information content (AvgIpc) is 2.06. The molecule has 0 aliphatic heterocycles. The number of hydrogen-bond donors (Lipinski definition) is 2. The number of hydrogen-bond acceptors (Lipinski definition) is 3. The molecular formula is C10H20F3NOS. The first kappa shape index (κ1) is 16.1. The minimum Gasteiger partial charge on any atom is -0.396 e. The van der Waals surface area contributed by atoms with Crippen LogP contribution in [0.4, 0.5) is 13.2 Å². The van der Waals surface area contributed by atoms with Crippen LogP contribution in [-0.2, 0) is 0 Å². The van der Waals surface area contributed by atoms with Gasteiger partial charge in [0.25, 0.3) is 0 Å². The largest absolute Gasteiger partial charge is 0.441 e. The number of rotatable bonds is 6. The summed E-state index contributed by atoms with van der Waals surface area (Å²) in [6.07, 6.45) is 0.556. The lowest BCUT2D eigenvalue weighted by Gasteiger charge is -2.31. The van der Waals surface area contributed by atoms with Gasteiger partial charge in [-0.25, -0.2) is 0 Å². The number of alkyl halides is 3. The van der Waals surface area contributed by atoms with Gasteiger partial charge in [0.05, 0.1) is 0 Å². The first-order chi connectivity index (χ1) is 7.17. The zero-order chi connectivity index (χ0) is 12.8. The van der Waals surface area contributed by atoms with Crippen molar-refractivity contribution in [1.82, 2.24) is 5.32 Å². The van der Waals surface area contributed by atoms with E-state index < -0.39 is 5.51 Å². The second-order valence-corrected chi connectivity index (χ2v) is 5.84. The molecule has 16 heavy (non-hydrogen) atoms. The number of halogens is 3. The lowest BCUT2D eigenvalue weighted by Crippen LogP contribution is -2.42. The molecule has 0 bridgehead atoms. The highest BCUT2D eigenvalue weighted by Gasteiger charge is 2.28. The van der Waals surface area contributed by atoms with Crippen LogP contribution < -0.4 is 5.32 Å². The standard InChI is InChI=1S/C10H20F3NOS/c1-9(2,3)8(4-6-15)14-5-7-16-10(11,12)13/h8,14-15H,4-7H2,1-3H3. The van der Waals surface area contributed by atoms with Gasteiger partial charge in [0.2, 0.25) is 0 Å². The molecule has 0 aromatic rings. The van der Waals surface area contributed by atoms with Crippen LogP contribution in [0, 0.1) is 5.41 Å². The van der Waals surface area contributed by atoms with Crippen LogP contribution in [0.25, 0.3) is 0 Å². The van der Waals surface area contributed by atoms with Gasteiger partial charge in [-0.2, -0.15) is 13.2 Å². The fourth-order valence-corrected chi connectivity index (χ4v) is 1.82. The molecule has 0 heterocycles. The van der Waals surface area contributed by atoms with E-state index in [0.717, 1.165) is 0 Å². The summed E-state index contributed by atoms with van der Waals surface area (Å²) in [6, 6.07) is 0.0336. The summed E-state index contributed by atoms with van der Waals surface area (Å²) in [5, 5.41) is 11.9. The van der Waals surface area contributed by atoms with E-state index in [9.17, 15) is 13.2 Å². The highest BCUT2D eigenvalue weighted by Crippen LogP contribution is 2.29. The smallest absolute Gasteiger partial charge is 0.396 e. The van der Waals surface area contributed by atoms with Crippen molar-refractivity contribution in [2.75, 3.05) is 18.9 Å². The fraction of sp³-hybridized carbons (Fsp3) is 1.00. The molecule has 0 saturated carbocycles. The van der Waals surface area contributed by atoms with Crippen molar-refractivity contribution in [2.45, 2.75) is 38.7 Å².